The molecular formula is C41H53N3O3S. The summed E-state index contributed by atoms with van der Waals surface area (Å²) in [5.41, 5.74) is 2.55. The van der Waals surface area contributed by atoms with Gasteiger partial charge >= 0.3 is 0 Å². The molecule has 6 aromatic rings. The first-order chi connectivity index (χ1) is 23.4. The number of hydrogen-bond donors (Lipinski definition) is 1. The molecule has 0 aliphatic carbocycles. The lowest BCUT2D eigenvalue weighted by Crippen LogP contribution is -2.22. The average Bonchev–Trinajstić information content (AvgIpc) is 3.08. The maximum absolute atomic E-state index is 13.3. The van der Waals surface area contributed by atoms with E-state index in [0.717, 1.165) is 61.8 Å². The molecule has 6 nitrogen and oxygen atoms in total. The van der Waals surface area contributed by atoms with E-state index in [0.29, 0.717) is 6.54 Å². The van der Waals surface area contributed by atoms with Gasteiger partial charge in [0.25, 0.3) is 5.56 Å². The molecule has 6 rings (SSSR count). The molecular weight excluding hydrogens is 615 g/mol. The van der Waals surface area contributed by atoms with Gasteiger partial charge in [-0.2, -0.15) is 0 Å². The third kappa shape index (κ3) is 9.32. The van der Waals surface area contributed by atoms with E-state index < -0.39 is 10.0 Å². The number of benzene rings is 4. The number of nitrogens with one attached hydrogen (secondary N) is 1. The van der Waals surface area contributed by atoms with Crippen LogP contribution in [-0.2, 0) is 10.0 Å². The van der Waals surface area contributed by atoms with Gasteiger partial charge in [-0.1, -0.05) is 158 Å². The van der Waals surface area contributed by atoms with Crippen molar-refractivity contribution in [2.75, 3.05) is 12.8 Å². The van der Waals surface area contributed by atoms with Crippen LogP contribution < -0.4 is 10.3 Å². The number of hydrogen-bond acceptors (Lipinski definition) is 4. The van der Waals surface area contributed by atoms with Crippen LogP contribution in [0, 0.1) is 0 Å². The van der Waals surface area contributed by atoms with Crippen molar-refractivity contribution in [2.45, 2.75) is 110 Å². The van der Waals surface area contributed by atoms with E-state index in [1.54, 1.807) is 4.40 Å². The lowest BCUT2D eigenvalue weighted by Gasteiger charge is -2.13. The van der Waals surface area contributed by atoms with Gasteiger partial charge < -0.3 is 0 Å². The maximum atomic E-state index is 13.3. The maximum Gasteiger partial charge on any atom is 0.264 e. The summed E-state index contributed by atoms with van der Waals surface area (Å²) in [6.07, 6.45) is 22.7. The fourth-order valence-electron chi connectivity index (χ4n) is 7.00. The van der Waals surface area contributed by atoms with Gasteiger partial charge in [0.15, 0.2) is 0 Å². The summed E-state index contributed by atoms with van der Waals surface area (Å²) in [5.74, 6) is 0. The monoisotopic (exact) mass is 667 g/mol. The summed E-state index contributed by atoms with van der Waals surface area (Å²) in [7, 11) is -2.99. The van der Waals surface area contributed by atoms with Crippen LogP contribution in [0.3, 0.4) is 0 Å². The predicted octanol–water partition coefficient (Wildman–Crippen LogP) is 10.5. The Kier molecular flexibility index (Phi) is 13.2. The summed E-state index contributed by atoms with van der Waals surface area (Å²) in [4.78, 5) is 18.2. The predicted molar refractivity (Wildman–Crippen MR) is 205 cm³/mol. The Morgan fingerprint density at radius 1 is 0.604 bits per heavy atom. The number of rotatable bonds is 18. The number of nitrogens with zero attached hydrogens (tertiary/aromatic N) is 2. The van der Waals surface area contributed by atoms with Gasteiger partial charge in [-0.25, -0.2) is 18.1 Å². The molecule has 2 heterocycles. The molecule has 1 N–H and O–H groups in total. The molecule has 0 fully saturated rings. The van der Waals surface area contributed by atoms with Gasteiger partial charge in [-0.3, -0.25) is 9.20 Å². The van der Waals surface area contributed by atoms with Crippen LogP contribution in [0.2, 0.25) is 0 Å². The van der Waals surface area contributed by atoms with Crippen molar-refractivity contribution in [2.24, 2.45) is 0 Å². The van der Waals surface area contributed by atoms with Crippen molar-refractivity contribution in [3.05, 3.63) is 83.2 Å². The normalized spacial score (nSPS) is 12.0. The van der Waals surface area contributed by atoms with Gasteiger partial charge in [-0.15, -0.1) is 0 Å². The Morgan fingerprint density at radius 3 is 1.65 bits per heavy atom. The molecule has 48 heavy (non-hydrogen) atoms. The van der Waals surface area contributed by atoms with Crippen LogP contribution >= 0.6 is 0 Å². The zero-order chi connectivity index (χ0) is 33.8. The first kappa shape index (κ1) is 35.7. The van der Waals surface area contributed by atoms with Crippen LogP contribution in [-0.4, -0.2) is 30.6 Å². The molecule has 0 radical (unpaired) electrons. The number of pyridine rings is 1. The third-order valence-corrected chi connectivity index (χ3v) is 10.2. The van der Waals surface area contributed by atoms with Gasteiger partial charge in [-0.05, 0) is 35.4 Å². The Bertz CT molecular complexity index is 2060. The number of aromatic nitrogens is 2. The van der Waals surface area contributed by atoms with Gasteiger partial charge in [0.2, 0.25) is 10.0 Å². The minimum atomic E-state index is -2.99. The zero-order valence-electron chi connectivity index (χ0n) is 29.0. The Hall–Kier alpha value is -3.55. The molecule has 0 aliphatic heterocycles. The van der Waals surface area contributed by atoms with Crippen LogP contribution in [0.15, 0.2) is 77.6 Å². The van der Waals surface area contributed by atoms with Crippen molar-refractivity contribution in [3.63, 3.8) is 0 Å². The van der Waals surface area contributed by atoms with E-state index in [1.807, 2.05) is 54.6 Å². The lowest BCUT2D eigenvalue weighted by molar-refractivity contribution is 0.528. The van der Waals surface area contributed by atoms with Crippen molar-refractivity contribution in [1.29, 1.82) is 0 Å². The molecule has 0 amide bonds. The molecule has 7 heteroatoms. The first-order valence-corrected chi connectivity index (χ1v) is 20.2. The molecule has 0 atom stereocenters. The number of sulfonamides is 1. The SMILES string of the molecule is CCCCCCCCCCCCCCCCCCNS(C)(=O)=O.O=c1c2cccc3cccc(c32)c2nc3cccc4cccc(c43)n12. The van der Waals surface area contributed by atoms with Crippen LogP contribution in [0.4, 0.5) is 0 Å². The second-order valence-corrected chi connectivity index (χ2v) is 15.2. The molecule has 0 unspecified atom stereocenters. The van der Waals surface area contributed by atoms with E-state index in [4.69, 9.17) is 4.98 Å². The molecule has 2 aromatic heterocycles. The lowest BCUT2D eigenvalue weighted by atomic mass is 10.0. The summed E-state index contributed by atoms with van der Waals surface area (Å²) in [5, 5.41) is 5.96. The molecule has 256 valence electrons. The highest BCUT2D eigenvalue weighted by atomic mass is 32.2. The minimum Gasteiger partial charge on any atom is -0.268 e. The number of unbranched alkanes of at least 4 members (excludes halogenated alkanes) is 15. The molecule has 0 aliphatic rings. The molecule has 0 saturated carbocycles. The quantitative estimate of drug-likeness (QED) is 0.0562. The van der Waals surface area contributed by atoms with Crippen molar-refractivity contribution in [3.8, 4) is 0 Å². The minimum absolute atomic E-state index is 0.00921. The highest BCUT2D eigenvalue weighted by molar-refractivity contribution is 7.88. The Balaban J connectivity index is 0.000000189. The first-order valence-electron chi connectivity index (χ1n) is 18.3. The highest BCUT2D eigenvalue weighted by Gasteiger charge is 2.15. The second kappa shape index (κ2) is 17.7. The van der Waals surface area contributed by atoms with Gasteiger partial charge in [0, 0.05) is 28.1 Å². The molecule has 0 bridgehead atoms. The summed E-state index contributed by atoms with van der Waals surface area (Å²) >= 11 is 0. The van der Waals surface area contributed by atoms with Crippen molar-refractivity contribution < 1.29 is 8.42 Å². The van der Waals surface area contributed by atoms with Crippen molar-refractivity contribution >= 4 is 59.0 Å². The summed E-state index contributed by atoms with van der Waals surface area (Å²) < 4.78 is 26.1. The third-order valence-electron chi connectivity index (χ3n) is 9.51. The Morgan fingerprint density at radius 2 is 1.08 bits per heavy atom. The highest BCUT2D eigenvalue weighted by Crippen LogP contribution is 2.31. The largest absolute Gasteiger partial charge is 0.268 e. The van der Waals surface area contributed by atoms with Crippen LogP contribution in [0.5, 0.6) is 0 Å². The van der Waals surface area contributed by atoms with E-state index in [-0.39, 0.29) is 5.56 Å². The smallest absolute Gasteiger partial charge is 0.264 e. The van der Waals surface area contributed by atoms with E-state index >= 15 is 0 Å². The van der Waals surface area contributed by atoms with E-state index in [1.165, 1.54) is 96.1 Å². The van der Waals surface area contributed by atoms with E-state index in [9.17, 15) is 13.2 Å². The van der Waals surface area contributed by atoms with E-state index in [2.05, 4.69) is 29.8 Å². The Labute approximate surface area is 286 Å². The number of fused-ring (bicyclic) bond motifs is 3. The summed E-state index contributed by atoms with van der Waals surface area (Å²) in [6.45, 7) is 2.87. The average molecular weight is 668 g/mol. The fraction of sp³-hybridized carbons (Fsp3) is 0.463. The van der Waals surface area contributed by atoms with Gasteiger partial charge in [0.05, 0.1) is 17.3 Å². The molecule has 4 aromatic carbocycles. The molecule has 0 saturated heterocycles. The fourth-order valence-corrected chi connectivity index (χ4v) is 7.52. The second-order valence-electron chi connectivity index (χ2n) is 13.4. The zero-order valence-corrected chi connectivity index (χ0v) is 29.8. The van der Waals surface area contributed by atoms with Crippen molar-refractivity contribution in [1.82, 2.24) is 14.1 Å². The van der Waals surface area contributed by atoms with Crippen LogP contribution in [0.1, 0.15) is 110 Å². The van der Waals surface area contributed by atoms with Crippen LogP contribution in [0.25, 0.3) is 49.0 Å². The summed E-state index contributed by atoms with van der Waals surface area (Å²) in [6, 6.07) is 24.2. The topological polar surface area (TPSA) is 80.5 Å². The standard InChI is InChI=1S/C22H12N2O.C19H41NO2S/c25-22-16-10-2-6-13-5-1-9-15(19(13)16)21-23-17-11-3-7-14-8-4-12-18(20(14)17)24(21)22;1-3-4-5-6-7-8-9-10-11-12-13-14-15-16-17-18-19-20-23(2,21)22/h1-12H;20H,3-19H2,1-2H3. The molecule has 0 spiro atoms. The van der Waals surface area contributed by atoms with Gasteiger partial charge in [0.1, 0.15) is 5.65 Å².